The van der Waals surface area contributed by atoms with Crippen LogP contribution in [0.25, 0.3) is 10.9 Å². The molecule has 1 atom stereocenters. The first-order valence-electron chi connectivity index (χ1n) is 11.4. The number of amides is 1. The van der Waals surface area contributed by atoms with E-state index in [1.807, 2.05) is 0 Å². The van der Waals surface area contributed by atoms with Gasteiger partial charge in [-0.2, -0.15) is 0 Å². The lowest BCUT2D eigenvalue weighted by atomic mass is 9.92. The molecule has 8 nitrogen and oxygen atoms in total. The van der Waals surface area contributed by atoms with Crippen molar-refractivity contribution in [2.24, 2.45) is 5.73 Å². The maximum atomic E-state index is 14.4. The zero-order valence-electron chi connectivity index (χ0n) is 19.0. The standard InChI is InChI=1S/C24H28F2N6O2/c1-14-22-15(10-16(25)11-19(22)26)6-9-32(14)21(33)13-29-17-4-5-18-20(12-17)30-24(31-23(18)34)28-8-3-2-7-27/h4-5,10-12,14,29H,2-3,6-9,13,27H2,1H3,(H2,28,30,31,34). The fraction of sp³-hybridized carbons (Fsp3) is 0.375. The highest BCUT2D eigenvalue weighted by Gasteiger charge is 2.30. The molecule has 4 rings (SSSR count). The van der Waals surface area contributed by atoms with Gasteiger partial charge in [0.05, 0.1) is 23.5 Å². The molecule has 0 fully saturated rings. The molecule has 0 saturated heterocycles. The topological polar surface area (TPSA) is 116 Å². The van der Waals surface area contributed by atoms with Crippen molar-refractivity contribution in [3.8, 4) is 0 Å². The number of anilines is 2. The number of aromatic nitrogens is 2. The van der Waals surface area contributed by atoms with Crippen molar-refractivity contribution in [2.45, 2.75) is 32.2 Å². The van der Waals surface area contributed by atoms with Crippen LogP contribution in [0.2, 0.25) is 0 Å². The zero-order chi connectivity index (χ0) is 24.2. The lowest BCUT2D eigenvalue weighted by Crippen LogP contribution is -2.42. The Balaban J connectivity index is 1.44. The average molecular weight is 471 g/mol. The van der Waals surface area contributed by atoms with Crippen molar-refractivity contribution in [3.05, 3.63) is 63.4 Å². The second-order valence-electron chi connectivity index (χ2n) is 8.40. The highest BCUT2D eigenvalue weighted by atomic mass is 19.1. The zero-order valence-corrected chi connectivity index (χ0v) is 19.0. The van der Waals surface area contributed by atoms with Gasteiger partial charge in [0.2, 0.25) is 11.9 Å². The quantitative estimate of drug-likeness (QED) is 0.376. The lowest BCUT2D eigenvalue weighted by Gasteiger charge is -2.35. The number of unbranched alkanes of at least 4 members (excludes halogenated alkanes) is 1. The number of hydrogen-bond acceptors (Lipinski definition) is 6. The summed E-state index contributed by atoms with van der Waals surface area (Å²) in [6.07, 6.45) is 2.13. The van der Waals surface area contributed by atoms with Crippen LogP contribution in [0.5, 0.6) is 0 Å². The molecule has 2 heterocycles. The minimum atomic E-state index is -0.633. The third-order valence-electron chi connectivity index (χ3n) is 6.08. The maximum absolute atomic E-state index is 14.4. The predicted molar refractivity (Wildman–Crippen MR) is 128 cm³/mol. The van der Waals surface area contributed by atoms with Crippen molar-refractivity contribution in [3.63, 3.8) is 0 Å². The van der Waals surface area contributed by atoms with Gasteiger partial charge >= 0.3 is 0 Å². The van der Waals surface area contributed by atoms with Crippen LogP contribution in [-0.4, -0.2) is 47.0 Å². The number of nitrogens with zero attached hydrogens (tertiary/aromatic N) is 2. The molecule has 0 aliphatic carbocycles. The Labute approximate surface area is 195 Å². The van der Waals surface area contributed by atoms with Crippen molar-refractivity contribution in [1.82, 2.24) is 14.9 Å². The van der Waals surface area contributed by atoms with Gasteiger partial charge in [0.25, 0.3) is 5.56 Å². The van der Waals surface area contributed by atoms with E-state index in [0.717, 1.165) is 18.9 Å². The number of benzene rings is 2. The molecule has 180 valence electrons. The van der Waals surface area contributed by atoms with Crippen molar-refractivity contribution >= 4 is 28.4 Å². The number of nitrogens with one attached hydrogen (secondary N) is 3. The van der Waals surface area contributed by atoms with E-state index in [2.05, 4.69) is 20.6 Å². The maximum Gasteiger partial charge on any atom is 0.260 e. The van der Waals surface area contributed by atoms with Crippen molar-refractivity contribution in [2.75, 3.05) is 36.8 Å². The number of nitrogens with two attached hydrogens (primary N) is 1. The summed E-state index contributed by atoms with van der Waals surface area (Å²) in [5.74, 6) is -1.07. The average Bonchev–Trinajstić information content (AvgIpc) is 2.80. The Bertz CT molecular complexity index is 1260. The first kappa shape index (κ1) is 23.6. The molecule has 3 aromatic rings. The van der Waals surface area contributed by atoms with E-state index in [0.29, 0.717) is 59.7 Å². The van der Waals surface area contributed by atoms with Gasteiger partial charge in [0, 0.05) is 30.4 Å². The first-order chi connectivity index (χ1) is 16.4. The fourth-order valence-corrected chi connectivity index (χ4v) is 4.33. The number of H-pyrrole nitrogens is 1. The first-order valence-corrected chi connectivity index (χ1v) is 11.4. The molecule has 1 unspecified atom stereocenters. The Hall–Kier alpha value is -3.53. The van der Waals surface area contributed by atoms with Gasteiger partial charge in [0.15, 0.2) is 0 Å². The number of carbonyl (C=O) groups excluding carboxylic acids is 1. The molecule has 34 heavy (non-hydrogen) atoms. The third kappa shape index (κ3) is 5.01. The van der Waals surface area contributed by atoms with E-state index in [1.54, 1.807) is 30.0 Å². The molecule has 0 bridgehead atoms. The lowest BCUT2D eigenvalue weighted by molar-refractivity contribution is -0.131. The molecule has 5 N–H and O–H groups in total. The predicted octanol–water partition coefficient (Wildman–Crippen LogP) is 2.91. The highest BCUT2D eigenvalue weighted by Crippen LogP contribution is 2.32. The van der Waals surface area contributed by atoms with Crippen LogP contribution in [0.3, 0.4) is 0 Å². The van der Waals surface area contributed by atoms with Gasteiger partial charge in [0.1, 0.15) is 11.6 Å². The summed E-state index contributed by atoms with van der Waals surface area (Å²) in [4.78, 5) is 34.0. The van der Waals surface area contributed by atoms with E-state index >= 15 is 0 Å². The van der Waals surface area contributed by atoms with Gasteiger partial charge in [-0.1, -0.05) is 0 Å². The van der Waals surface area contributed by atoms with E-state index in [-0.39, 0.29) is 18.0 Å². The molecule has 2 aromatic carbocycles. The van der Waals surface area contributed by atoms with Crippen LogP contribution in [0.1, 0.15) is 36.9 Å². The molecule has 0 radical (unpaired) electrons. The normalized spacial score (nSPS) is 15.3. The molecule has 1 amide bonds. The second-order valence-corrected chi connectivity index (χ2v) is 8.40. The summed E-state index contributed by atoms with van der Waals surface area (Å²) < 4.78 is 27.9. The van der Waals surface area contributed by atoms with Crippen LogP contribution in [0, 0.1) is 11.6 Å². The molecular weight excluding hydrogens is 442 g/mol. The summed E-state index contributed by atoms with van der Waals surface area (Å²) in [6.45, 7) is 3.35. The number of hydrogen-bond donors (Lipinski definition) is 4. The third-order valence-corrected chi connectivity index (χ3v) is 6.08. The SMILES string of the molecule is CC1c2c(F)cc(F)cc2CCN1C(=O)CNc1ccc2c(=O)[nH]c(NCCCCN)nc2c1. The van der Waals surface area contributed by atoms with Gasteiger partial charge in [-0.25, -0.2) is 13.8 Å². The second kappa shape index (κ2) is 10.2. The molecule has 1 aliphatic rings. The van der Waals surface area contributed by atoms with E-state index < -0.39 is 17.7 Å². The molecule has 1 aliphatic heterocycles. The van der Waals surface area contributed by atoms with E-state index in [9.17, 15) is 18.4 Å². The summed E-state index contributed by atoms with van der Waals surface area (Å²) in [5, 5.41) is 6.60. The van der Waals surface area contributed by atoms with E-state index in [1.165, 1.54) is 6.07 Å². The van der Waals surface area contributed by atoms with E-state index in [4.69, 9.17) is 5.73 Å². The number of rotatable bonds is 8. The molecular formula is C24H28F2N6O2. The summed E-state index contributed by atoms with van der Waals surface area (Å²) in [5.41, 5.74) is 7.32. The number of halogens is 2. The number of fused-ring (bicyclic) bond motifs is 2. The van der Waals surface area contributed by atoms with Crippen molar-refractivity contribution < 1.29 is 13.6 Å². The van der Waals surface area contributed by atoms with Crippen LogP contribution >= 0.6 is 0 Å². The van der Waals surface area contributed by atoms with Crippen molar-refractivity contribution in [1.29, 1.82) is 0 Å². The minimum absolute atomic E-state index is 0.0125. The summed E-state index contributed by atoms with van der Waals surface area (Å²) in [6, 6.07) is 6.75. The molecule has 0 spiro atoms. The van der Waals surface area contributed by atoms with Crippen LogP contribution < -0.4 is 21.9 Å². The Morgan fingerprint density at radius 1 is 1.24 bits per heavy atom. The Morgan fingerprint density at radius 2 is 2.06 bits per heavy atom. The smallest absolute Gasteiger partial charge is 0.260 e. The number of carbonyl (C=O) groups is 1. The summed E-state index contributed by atoms with van der Waals surface area (Å²) >= 11 is 0. The van der Waals surface area contributed by atoms with Crippen LogP contribution in [-0.2, 0) is 11.2 Å². The minimum Gasteiger partial charge on any atom is -0.376 e. The Kier molecular flexibility index (Phi) is 7.06. The fourth-order valence-electron chi connectivity index (χ4n) is 4.33. The molecule has 1 aromatic heterocycles. The number of aromatic amines is 1. The molecule has 0 saturated carbocycles. The summed E-state index contributed by atoms with van der Waals surface area (Å²) in [7, 11) is 0. The van der Waals surface area contributed by atoms with Gasteiger partial charge in [-0.15, -0.1) is 0 Å². The largest absolute Gasteiger partial charge is 0.376 e. The van der Waals surface area contributed by atoms with Gasteiger partial charge in [-0.05, 0) is 62.6 Å². The Morgan fingerprint density at radius 3 is 2.85 bits per heavy atom. The highest BCUT2D eigenvalue weighted by molar-refractivity contribution is 5.85. The van der Waals surface area contributed by atoms with Gasteiger partial charge in [-0.3, -0.25) is 14.6 Å². The molecule has 10 heteroatoms. The van der Waals surface area contributed by atoms with Gasteiger partial charge < -0.3 is 21.3 Å². The van der Waals surface area contributed by atoms with Crippen LogP contribution in [0.4, 0.5) is 20.4 Å². The van der Waals surface area contributed by atoms with Crippen LogP contribution in [0.15, 0.2) is 35.1 Å². The monoisotopic (exact) mass is 470 g/mol.